The van der Waals surface area contributed by atoms with Crippen LogP contribution in [-0.2, 0) is 11.3 Å². The molecule has 5 heteroatoms. The maximum Gasteiger partial charge on any atom is 0.354 e. The molecule has 0 saturated heterocycles. The molecule has 0 saturated carbocycles. The van der Waals surface area contributed by atoms with E-state index in [2.05, 4.69) is 38.0 Å². The molecule has 1 atom stereocenters. The van der Waals surface area contributed by atoms with Gasteiger partial charge in [0.2, 0.25) is 5.91 Å². The second-order valence-electron chi connectivity index (χ2n) is 6.71. The zero-order chi connectivity index (χ0) is 16.0. The summed E-state index contributed by atoms with van der Waals surface area (Å²) in [5.41, 5.74) is 1.01. The van der Waals surface area contributed by atoms with Crippen LogP contribution in [0.4, 0.5) is 0 Å². The van der Waals surface area contributed by atoms with Gasteiger partial charge in [-0.1, -0.05) is 33.8 Å². The van der Waals surface area contributed by atoms with Crippen molar-refractivity contribution in [3.63, 3.8) is 0 Å². The van der Waals surface area contributed by atoms with E-state index in [1.165, 1.54) is 12.3 Å². The third-order valence-corrected chi connectivity index (χ3v) is 3.03. The Morgan fingerprint density at radius 3 is 2.48 bits per heavy atom. The smallest absolute Gasteiger partial charge is 0.354 e. The number of hydrogen-bond acceptors (Lipinski definition) is 3. The molecule has 116 valence electrons. The number of rotatable bonds is 6. The van der Waals surface area contributed by atoms with Crippen molar-refractivity contribution in [3.05, 3.63) is 29.6 Å². The number of hydrogen-bond donors (Lipinski definition) is 2. The van der Waals surface area contributed by atoms with Crippen LogP contribution in [0.25, 0.3) is 0 Å². The molecule has 1 unspecified atom stereocenters. The van der Waals surface area contributed by atoms with E-state index in [1.54, 1.807) is 6.07 Å². The molecule has 0 aliphatic rings. The van der Waals surface area contributed by atoms with E-state index < -0.39 is 5.97 Å². The summed E-state index contributed by atoms with van der Waals surface area (Å²) in [6.07, 6.45) is 2.97. The van der Waals surface area contributed by atoms with Crippen LogP contribution in [0.15, 0.2) is 18.3 Å². The molecule has 0 bridgehead atoms. The van der Waals surface area contributed by atoms with Crippen LogP contribution in [0.2, 0.25) is 0 Å². The van der Waals surface area contributed by atoms with Crippen molar-refractivity contribution in [3.8, 4) is 0 Å². The Morgan fingerprint density at radius 1 is 1.33 bits per heavy atom. The molecule has 1 rings (SSSR count). The number of carbonyl (C=O) groups excluding carboxylic acids is 1. The highest BCUT2D eigenvalue weighted by Gasteiger charge is 2.17. The van der Waals surface area contributed by atoms with Gasteiger partial charge in [-0.15, -0.1) is 0 Å². The summed E-state index contributed by atoms with van der Waals surface area (Å²) in [6.45, 7) is 8.94. The highest BCUT2D eigenvalue weighted by atomic mass is 16.4. The summed E-state index contributed by atoms with van der Waals surface area (Å²) in [5.74, 6) is -0.715. The van der Waals surface area contributed by atoms with Gasteiger partial charge in [0.05, 0.1) is 0 Å². The van der Waals surface area contributed by atoms with Crippen molar-refractivity contribution in [2.45, 2.75) is 47.1 Å². The average molecular weight is 292 g/mol. The summed E-state index contributed by atoms with van der Waals surface area (Å²) < 4.78 is 0. The van der Waals surface area contributed by atoms with Gasteiger partial charge in [-0.05, 0) is 29.4 Å². The lowest BCUT2D eigenvalue weighted by Gasteiger charge is -2.22. The van der Waals surface area contributed by atoms with Gasteiger partial charge < -0.3 is 10.4 Å². The van der Waals surface area contributed by atoms with E-state index in [4.69, 9.17) is 5.11 Å². The van der Waals surface area contributed by atoms with Gasteiger partial charge >= 0.3 is 5.97 Å². The molecule has 0 aliphatic carbocycles. The largest absolute Gasteiger partial charge is 0.477 e. The van der Waals surface area contributed by atoms with Crippen LogP contribution in [-0.4, -0.2) is 22.0 Å². The summed E-state index contributed by atoms with van der Waals surface area (Å²) >= 11 is 0. The molecule has 1 aromatic heterocycles. The van der Waals surface area contributed by atoms with Crippen LogP contribution in [0.5, 0.6) is 0 Å². The molecule has 2 N–H and O–H groups in total. The zero-order valence-corrected chi connectivity index (χ0v) is 13.1. The number of carboxylic acid groups (broad SMARTS) is 1. The fourth-order valence-corrected chi connectivity index (χ4v) is 2.36. The molecule has 0 fully saturated rings. The Bertz CT molecular complexity index is 489. The summed E-state index contributed by atoms with van der Waals surface area (Å²) in [6, 6.07) is 3.10. The Balaban J connectivity index is 2.41. The average Bonchev–Trinajstić information content (AvgIpc) is 2.34. The van der Waals surface area contributed by atoms with Gasteiger partial charge in [0, 0.05) is 19.2 Å². The monoisotopic (exact) mass is 292 g/mol. The SMILES string of the molecule is CC(CC(=O)NCc1ccc(C(=O)O)nc1)CC(C)(C)C. The minimum absolute atomic E-state index is 0.00359. The topological polar surface area (TPSA) is 79.3 Å². The first-order valence-electron chi connectivity index (χ1n) is 7.12. The summed E-state index contributed by atoms with van der Waals surface area (Å²) in [7, 11) is 0. The second kappa shape index (κ2) is 7.20. The van der Waals surface area contributed by atoms with Crippen molar-refractivity contribution in [1.29, 1.82) is 0 Å². The predicted molar refractivity (Wildman–Crippen MR) is 80.9 cm³/mol. The van der Waals surface area contributed by atoms with Crippen LogP contribution >= 0.6 is 0 Å². The number of aromatic carboxylic acids is 1. The number of carboxylic acids is 1. The van der Waals surface area contributed by atoms with Gasteiger partial charge in [0.15, 0.2) is 0 Å². The Morgan fingerprint density at radius 2 is 2.00 bits per heavy atom. The highest BCUT2D eigenvalue weighted by Crippen LogP contribution is 2.25. The molecule has 0 radical (unpaired) electrons. The minimum atomic E-state index is -1.05. The molecule has 5 nitrogen and oxygen atoms in total. The van der Waals surface area contributed by atoms with Crippen molar-refractivity contribution < 1.29 is 14.7 Å². The fourth-order valence-electron chi connectivity index (χ4n) is 2.36. The lowest BCUT2D eigenvalue weighted by atomic mass is 9.84. The molecular weight excluding hydrogens is 268 g/mol. The van der Waals surface area contributed by atoms with Crippen LogP contribution < -0.4 is 5.32 Å². The number of amides is 1. The van der Waals surface area contributed by atoms with Gasteiger partial charge in [0.25, 0.3) is 0 Å². The molecule has 1 heterocycles. The first-order chi connectivity index (χ1) is 9.67. The number of nitrogens with zero attached hydrogens (tertiary/aromatic N) is 1. The van der Waals surface area contributed by atoms with Gasteiger partial charge in [-0.25, -0.2) is 9.78 Å². The lowest BCUT2D eigenvalue weighted by Crippen LogP contribution is -2.25. The molecule has 0 aliphatic heterocycles. The number of pyridine rings is 1. The molecule has 0 aromatic carbocycles. The van der Waals surface area contributed by atoms with Crippen molar-refractivity contribution in [1.82, 2.24) is 10.3 Å². The third-order valence-electron chi connectivity index (χ3n) is 3.03. The van der Waals surface area contributed by atoms with E-state index in [-0.39, 0.29) is 17.0 Å². The highest BCUT2D eigenvalue weighted by molar-refractivity contribution is 5.85. The van der Waals surface area contributed by atoms with E-state index in [0.717, 1.165) is 12.0 Å². The van der Waals surface area contributed by atoms with E-state index in [9.17, 15) is 9.59 Å². The quantitative estimate of drug-likeness (QED) is 0.845. The van der Waals surface area contributed by atoms with Crippen LogP contribution in [0.1, 0.15) is 56.6 Å². The molecule has 21 heavy (non-hydrogen) atoms. The molecular formula is C16H24N2O3. The van der Waals surface area contributed by atoms with E-state index in [1.807, 2.05) is 0 Å². The van der Waals surface area contributed by atoms with Gasteiger partial charge in [0.1, 0.15) is 5.69 Å². The van der Waals surface area contributed by atoms with Gasteiger partial charge in [-0.2, -0.15) is 0 Å². The minimum Gasteiger partial charge on any atom is -0.477 e. The summed E-state index contributed by atoms with van der Waals surface area (Å²) in [4.78, 5) is 26.4. The second-order valence-corrected chi connectivity index (χ2v) is 6.71. The summed E-state index contributed by atoms with van der Waals surface area (Å²) in [5, 5.41) is 11.6. The molecule has 1 amide bonds. The van der Waals surface area contributed by atoms with Crippen molar-refractivity contribution in [2.75, 3.05) is 0 Å². The Hall–Kier alpha value is -1.91. The predicted octanol–water partition coefficient (Wildman–Crippen LogP) is 2.86. The first kappa shape index (κ1) is 17.1. The molecule has 1 aromatic rings. The first-order valence-corrected chi connectivity index (χ1v) is 7.12. The maximum atomic E-state index is 11.9. The Labute approximate surface area is 125 Å². The fraction of sp³-hybridized carbons (Fsp3) is 0.562. The van der Waals surface area contributed by atoms with Gasteiger partial charge in [-0.3, -0.25) is 4.79 Å². The number of carbonyl (C=O) groups is 2. The van der Waals surface area contributed by atoms with Crippen molar-refractivity contribution >= 4 is 11.9 Å². The van der Waals surface area contributed by atoms with Crippen LogP contribution in [0, 0.1) is 11.3 Å². The van der Waals surface area contributed by atoms with Crippen molar-refractivity contribution in [2.24, 2.45) is 11.3 Å². The van der Waals surface area contributed by atoms with Crippen LogP contribution in [0.3, 0.4) is 0 Å². The molecule has 0 spiro atoms. The zero-order valence-electron chi connectivity index (χ0n) is 13.1. The van der Waals surface area contributed by atoms with E-state index in [0.29, 0.717) is 18.9 Å². The Kier molecular flexibility index (Phi) is 5.88. The number of nitrogens with one attached hydrogen (secondary N) is 1. The normalized spacial score (nSPS) is 12.8. The van der Waals surface area contributed by atoms with E-state index >= 15 is 0 Å². The standard InChI is InChI=1S/C16H24N2O3/c1-11(8-16(2,3)4)7-14(19)18-10-12-5-6-13(15(20)21)17-9-12/h5-6,9,11H,7-8,10H2,1-4H3,(H,18,19)(H,20,21). The number of aromatic nitrogens is 1. The third kappa shape index (κ3) is 6.88. The lowest BCUT2D eigenvalue weighted by molar-refractivity contribution is -0.122. The maximum absolute atomic E-state index is 11.9.